The van der Waals surface area contributed by atoms with E-state index in [0.29, 0.717) is 6.61 Å². The van der Waals surface area contributed by atoms with Crippen LogP contribution in [0, 0.1) is 5.92 Å². The number of hydrogen-bond acceptors (Lipinski definition) is 4. The Labute approximate surface area is 231 Å². The van der Waals surface area contributed by atoms with Gasteiger partial charge in [0.15, 0.2) is 0 Å². The van der Waals surface area contributed by atoms with E-state index < -0.39 is 5.60 Å². The Morgan fingerprint density at radius 1 is 1.00 bits per heavy atom. The van der Waals surface area contributed by atoms with Gasteiger partial charge in [-0.3, -0.25) is 0 Å². The summed E-state index contributed by atoms with van der Waals surface area (Å²) < 4.78 is 19.6. The fourth-order valence-electron chi connectivity index (χ4n) is 5.73. The second-order valence-corrected chi connectivity index (χ2v) is 12.7. The SMILES string of the molecule is C/C=C/COC1C(OCCC2CCCCC2)c2cc(NCc3ccc(C(C)(C)C)cc3)ccc2OC1(C)C. The lowest BCUT2D eigenvalue weighted by molar-refractivity contribution is -0.158. The highest BCUT2D eigenvalue weighted by Crippen LogP contribution is 2.44. The van der Waals surface area contributed by atoms with Gasteiger partial charge in [0.2, 0.25) is 0 Å². The fourth-order valence-corrected chi connectivity index (χ4v) is 5.73. The maximum Gasteiger partial charge on any atom is 0.132 e. The number of benzene rings is 2. The number of hydrogen-bond donors (Lipinski definition) is 1. The van der Waals surface area contributed by atoms with E-state index in [1.165, 1.54) is 43.2 Å². The van der Waals surface area contributed by atoms with Crippen LogP contribution in [0.3, 0.4) is 0 Å². The van der Waals surface area contributed by atoms with Crippen LogP contribution in [-0.2, 0) is 21.4 Å². The van der Waals surface area contributed by atoms with E-state index in [2.05, 4.69) is 82.4 Å². The number of fused-ring (bicyclic) bond motifs is 1. The summed E-state index contributed by atoms with van der Waals surface area (Å²) >= 11 is 0. The highest BCUT2D eigenvalue weighted by Gasteiger charge is 2.45. The van der Waals surface area contributed by atoms with Crippen molar-refractivity contribution in [3.8, 4) is 5.75 Å². The fraction of sp³-hybridized carbons (Fsp3) is 0.588. The Hall–Kier alpha value is -2.30. The summed E-state index contributed by atoms with van der Waals surface area (Å²) in [5.41, 5.74) is 4.43. The van der Waals surface area contributed by atoms with Crippen LogP contribution in [0.25, 0.3) is 0 Å². The summed E-state index contributed by atoms with van der Waals surface area (Å²) in [6.07, 6.45) is 11.6. The zero-order valence-electron chi connectivity index (χ0n) is 24.5. The molecule has 0 amide bonds. The van der Waals surface area contributed by atoms with Crippen LogP contribution in [0.5, 0.6) is 5.75 Å². The van der Waals surface area contributed by atoms with Crippen LogP contribution < -0.4 is 10.1 Å². The molecule has 4 heteroatoms. The largest absolute Gasteiger partial charge is 0.485 e. The molecule has 1 aliphatic heterocycles. The van der Waals surface area contributed by atoms with Crippen molar-refractivity contribution in [1.82, 2.24) is 0 Å². The van der Waals surface area contributed by atoms with Crippen LogP contribution in [-0.4, -0.2) is 24.9 Å². The van der Waals surface area contributed by atoms with Gasteiger partial charge in [-0.25, -0.2) is 0 Å². The van der Waals surface area contributed by atoms with Crippen molar-refractivity contribution < 1.29 is 14.2 Å². The molecule has 2 aromatic carbocycles. The van der Waals surface area contributed by atoms with Gasteiger partial charge in [0, 0.05) is 24.4 Å². The molecule has 0 radical (unpaired) electrons. The number of anilines is 1. The lowest BCUT2D eigenvalue weighted by Crippen LogP contribution is -2.51. The molecule has 0 bridgehead atoms. The molecule has 1 fully saturated rings. The first-order chi connectivity index (χ1) is 18.2. The van der Waals surface area contributed by atoms with Crippen molar-refractivity contribution >= 4 is 5.69 Å². The molecule has 0 aromatic heterocycles. The number of nitrogens with one attached hydrogen (secondary N) is 1. The summed E-state index contributed by atoms with van der Waals surface area (Å²) in [5.74, 6) is 1.68. The van der Waals surface area contributed by atoms with Gasteiger partial charge in [0.05, 0.1) is 6.61 Å². The van der Waals surface area contributed by atoms with E-state index in [4.69, 9.17) is 14.2 Å². The smallest absolute Gasteiger partial charge is 0.132 e. The minimum Gasteiger partial charge on any atom is -0.485 e. The molecule has 1 N–H and O–H groups in total. The molecule has 2 unspecified atom stereocenters. The maximum absolute atomic E-state index is 6.70. The second-order valence-electron chi connectivity index (χ2n) is 12.7. The maximum atomic E-state index is 6.70. The summed E-state index contributed by atoms with van der Waals surface area (Å²) in [5, 5.41) is 3.62. The van der Waals surface area contributed by atoms with Crippen LogP contribution in [0.15, 0.2) is 54.6 Å². The number of ether oxygens (including phenoxy) is 3. The van der Waals surface area contributed by atoms with Crippen LogP contribution >= 0.6 is 0 Å². The van der Waals surface area contributed by atoms with E-state index in [1.54, 1.807) is 0 Å². The lowest BCUT2D eigenvalue weighted by atomic mass is 9.86. The van der Waals surface area contributed by atoms with Crippen LogP contribution in [0.2, 0.25) is 0 Å². The quantitative estimate of drug-likeness (QED) is 0.319. The van der Waals surface area contributed by atoms with Gasteiger partial charge in [-0.1, -0.05) is 89.3 Å². The Kier molecular flexibility index (Phi) is 9.59. The Morgan fingerprint density at radius 3 is 2.42 bits per heavy atom. The first-order valence-corrected chi connectivity index (χ1v) is 14.7. The Balaban J connectivity index is 1.50. The number of rotatable bonds is 10. The molecule has 2 aliphatic rings. The van der Waals surface area contributed by atoms with Gasteiger partial charge in [-0.15, -0.1) is 0 Å². The lowest BCUT2D eigenvalue weighted by Gasteiger charge is -2.44. The highest BCUT2D eigenvalue weighted by molar-refractivity contribution is 5.54. The molecule has 4 nitrogen and oxygen atoms in total. The molecule has 2 aromatic rings. The van der Waals surface area contributed by atoms with Crippen LogP contribution in [0.4, 0.5) is 5.69 Å². The predicted molar refractivity (Wildman–Crippen MR) is 158 cm³/mol. The topological polar surface area (TPSA) is 39.7 Å². The van der Waals surface area contributed by atoms with Crippen molar-refractivity contribution in [2.75, 3.05) is 18.5 Å². The molecular weight excluding hydrogens is 470 g/mol. The summed E-state index contributed by atoms with van der Waals surface area (Å²) in [4.78, 5) is 0. The third kappa shape index (κ3) is 7.42. The molecule has 2 atom stereocenters. The summed E-state index contributed by atoms with van der Waals surface area (Å²) in [6.45, 7) is 15.1. The Bertz CT molecular complexity index is 1040. The standard InChI is InChI=1S/C34H49NO3/c1-7-8-21-37-32-31(36-22-20-25-12-10-9-11-13-25)29-23-28(18-19-30(29)38-34(32,5)6)35-24-26-14-16-27(17-15-26)33(2,3)4/h7-8,14-19,23,25,31-32,35H,9-13,20-22,24H2,1-6H3/b8-7+. The normalized spacial score (nSPS) is 21.7. The van der Waals surface area contributed by atoms with Crippen molar-refractivity contribution in [3.05, 3.63) is 71.3 Å². The van der Waals surface area contributed by atoms with Gasteiger partial charge in [-0.2, -0.15) is 0 Å². The summed E-state index contributed by atoms with van der Waals surface area (Å²) in [7, 11) is 0. The first kappa shape index (κ1) is 28.7. The average Bonchev–Trinajstić information content (AvgIpc) is 2.89. The van der Waals surface area contributed by atoms with Gasteiger partial charge in [-0.05, 0) is 67.9 Å². The van der Waals surface area contributed by atoms with Gasteiger partial charge in [0.1, 0.15) is 23.6 Å². The zero-order chi connectivity index (χ0) is 27.2. The van der Waals surface area contributed by atoms with Gasteiger partial charge in [0.25, 0.3) is 0 Å². The van der Waals surface area contributed by atoms with E-state index in [9.17, 15) is 0 Å². The van der Waals surface area contributed by atoms with Crippen molar-refractivity contribution in [2.45, 2.75) is 110 Å². The molecular formula is C34H49NO3. The average molecular weight is 520 g/mol. The van der Waals surface area contributed by atoms with Crippen molar-refractivity contribution in [1.29, 1.82) is 0 Å². The van der Waals surface area contributed by atoms with Gasteiger partial charge >= 0.3 is 0 Å². The third-order valence-electron chi connectivity index (χ3n) is 8.12. The minimum absolute atomic E-state index is 0.162. The predicted octanol–water partition coefficient (Wildman–Crippen LogP) is 8.76. The molecule has 1 heterocycles. The third-order valence-corrected chi connectivity index (χ3v) is 8.12. The second kappa shape index (κ2) is 12.7. The highest BCUT2D eigenvalue weighted by atomic mass is 16.6. The van der Waals surface area contributed by atoms with Gasteiger partial charge < -0.3 is 19.5 Å². The van der Waals surface area contributed by atoms with E-state index >= 15 is 0 Å². The molecule has 1 saturated carbocycles. The summed E-state index contributed by atoms with van der Waals surface area (Å²) in [6, 6.07) is 15.3. The van der Waals surface area contributed by atoms with Crippen LogP contribution in [0.1, 0.15) is 103 Å². The van der Waals surface area contributed by atoms with E-state index in [-0.39, 0.29) is 17.6 Å². The molecule has 38 heavy (non-hydrogen) atoms. The van der Waals surface area contributed by atoms with E-state index in [0.717, 1.165) is 42.5 Å². The Morgan fingerprint density at radius 2 is 1.74 bits per heavy atom. The minimum atomic E-state index is -0.492. The molecule has 1 aliphatic carbocycles. The number of allylic oxidation sites excluding steroid dienone is 1. The first-order valence-electron chi connectivity index (χ1n) is 14.7. The zero-order valence-corrected chi connectivity index (χ0v) is 24.5. The molecule has 0 spiro atoms. The molecule has 4 rings (SSSR count). The van der Waals surface area contributed by atoms with Crippen molar-refractivity contribution in [3.63, 3.8) is 0 Å². The van der Waals surface area contributed by atoms with Crippen molar-refractivity contribution in [2.24, 2.45) is 5.92 Å². The monoisotopic (exact) mass is 519 g/mol. The molecule has 208 valence electrons. The molecule has 0 saturated heterocycles. The van der Waals surface area contributed by atoms with E-state index in [1.807, 2.05) is 19.1 Å².